The summed E-state index contributed by atoms with van der Waals surface area (Å²) in [6.45, 7) is 9.78. The molecule has 2 aliphatic heterocycles. The Bertz CT molecular complexity index is 302. The van der Waals surface area contributed by atoms with Gasteiger partial charge < -0.3 is 15.1 Å². The standard InChI is InChI=1S/C15H30N4O/c1-3-6-16-14-5-4-7-18(12-14)13-15(20)19-10-8-17(2)9-11-19/h14,16H,3-13H2,1-2H3. The van der Waals surface area contributed by atoms with Crippen molar-refractivity contribution in [1.29, 1.82) is 0 Å². The molecule has 5 nitrogen and oxygen atoms in total. The van der Waals surface area contributed by atoms with Gasteiger partial charge in [-0.25, -0.2) is 0 Å². The summed E-state index contributed by atoms with van der Waals surface area (Å²) in [5.74, 6) is 0.314. The molecule has 2 fully saturated rings. The van der Waals surface area contributed by atoms with E-state index in [1.807, 2.05) is 4.90 Å². The maximum absolute atomic E-state index is 12.3. The molecular formula is C15H30N4O. The molecule has 0 aliphatic carbocycles. The maximum atomic E-state index is 12.3. The topological polar surface area (TPSA) is 38.8 Å². The van der Waals surface area contributed by atoms with Gasteiger partial charge in [0.05, 0.1) is 6.54 Å². The summed E-state index contributed by atoms with van der Waals surface area (Å²) in [7, 11) is 2.12. The normalized spacial score (nSPS) is 25.9. The SMILES string of the molecule is CCCNC1CCCN(CC(=O)N2CCN(C)CC2)C1. The third-order valence-electron chi connectivity index (χ3n) is 4.40. The lowest BCUT2D eigenvalue weighted by Crippen LogP contribution is -2.52. The van der Waals surface area contributed by atoms with Crippen molar-refractivity contribution >= 4 is 5.91 Å². The first-order valence-electron chi connectivity index (χ1n) is 8.11. The Morgan fingerprint density at radius 3 is 2.65 bits per heavy atom. The van der Waals surface area contributed by atoms with Crippen LogP contribution in [0.25, 0.3) is 0 Å². The number of amides is 1. The van der Waals surface area contributed by atoms with Crippen LogP contribution in [0.1, 0.15) is 26.2 Å². The fourth-order valence-electron chi connectivity index (χ4n) is 3.06. The first kappa shape index (κ1) is 15.7. The molecule has 1 amide bonds. The molecule has 20 heavy (non-hydrogen) atoms. The van der Waals surface area contributed by atoms with E-state index in [2.05, 4.69) is 29.1 Å². The summed E-state index contributed by atoms with van der Waals surface area (Å²) in [6.07, 6.45) is 3.63. The summed E-state index contributed by atoms with van der Waals surface area (Å²) in [6, 6.07) is 0.573. The summed E-state index contributed by atoms with van der Waals surface area (Å²) >= 11 is 0. The predicted molar refractivity (Wildman–Crippen MR) is 81.8 cm³/mol. The van der Waals surface area contributed by atoms with Crippen molar-refractivity contribution in [3.05, 3.63) is 0 Å². The highest BCUT2D eigenvalue weighted by Crippen LogP contribution is 2.11. The van der Waals surface area contributed by atoms with Crippen LogP contribution in [0.4, 0.5) is 0 Å². The molecule has 0 spiro atoms. The quantitative estimate of drug-likeness (QED) is 0.783. The lowest BCUT2D eigenvalue weighted by atomic mass is 10.1. The number of carbonyl (C=O) groups is 1. The monoisotopic (exact) mass is 282 g/mol. The number of carbonyl (C=O) groups excluding carboxylic acids is 1. The van der Waals surface area contributed by atoms with Crippen molar-refractivity contribution in [2.24, 2.45) is 0 Å². The molecule has 2 aliphatic rings. The van der Waals surface area contributed by atoms with Crippen molar-refractivity contribution in [1.82, 2.24) is 20.0 Å². The number of hydrogen-bond donors (Lipinski definition) is 1. The number of nitrogens with one attached hydrogen (secondary N) is 1. The zero-order valence-electron chi connectivity index (χ0n) is 13.1. The number of nitrogens with zero attached hydrogens (tertiary/aromatic N) is 3. The van der Waals surface area contributed by atoms with Crippen molar-refractivity contribution in [2.75, 3.05) is 59.4 Å². The van der Waals surface area contributed by atoms with E-state index in [0.29, 0.717) is 18.5 Å². The summed E-state index contributed by atoms with van der Waals surface area (Å²) in [4.78, 5) is 19.0. The van der Waals surface area contributed by atoms with Gasteiger partial charge in [-0.05, 0) is 39.4 Å². The van der Waals surface area contributed by atoms with Crippen LogP contribution in [0.2, 0.25) is 0 Å². The average Bonchev–Trinajstić information content (AvgIpc) is 2.46. The molecule has 0 saturated carbocycles. The van der Waals surface area contributed by atoms with E-state index in [-0.39, 0.29) is 0 Å². The van der Waals surface area contributed by atoms with Gasteiger partial charge in [0.15, 0.2) is 0 Å². The molecule has 116 valence electrons. The summed E-state index contributed by atoms with van der Waals surface area (Å²) in [5.41, 5.74) is 0. The molecule has 2 saturated heterocycles. The van der Waals surface area contributed by atoms with Crippen molar-refractivity contribution in [3.8, 4) is 0 Å². The Morgan fingerprint density at radius 1 is 1.20 bits per heavy atom. The van der Waals surface area contributed by atoms with Gasteiger partial charge in [0.1, 0.15) is 0 Å². The predicted octanol–water partition coefficient (Wildman–Crippen LogP) is 0.224. The van der Waals surface area contributed by atoms with Gasteiger partial charge in [-0.2, -0.15) is 0 Å². The smallest absolute Gasteiger partial charge is 0.236 e. The highest BCUT2D eigenvalue weighted by molar-refractivity contribution is 5.78. The van der Waals surface area contributed by atoms with Gasteiger partial charge in [-0.15, -0.1) is 0 Å². The first-order chi connectivity index (χ1) is 9.69. The van der Waals surface area contributed by atoms with E-state index in [9.17, 15) is 4.79 Å². The third-order valence-corrected chi connectivity index (χ3v) is 4.40. The average molecular weight is 282 g/mol. The largest absolute Gasteiger partial charge is 0.339 e. The lowest BCUT2D eigenvalue weighted by Gasteiger charge is -2.36. The second-order valence-electron chi connectivity index (χ2n) is 6.21. The molecule has 1 atom stereocenters. The van der Waals surface area contributed by atoms with Gasteiger partial charge in [0.25, 0.3) is 0 Å². The molecule has 1 N–H and O–H groups in total. The minimum atomic E-state index is 0.314. The minimum Gasteiger partial charge on any atom is -0.339 e. The fraction of sp³-hybridized carbons (Fsp3) is 0.933. The first-order valence-corrected chi connectivity index (χ1v) is 8.11. The second kappa shape index (κ2) is 7.96. The molecule has 5 heteroatoms. The Balaban J connectivity index is 1.73. The Morgan fingerprint density at radius 2 is 1.95 bits per heavy atom. The number of likely N-dealkylation sites (N-methyl/N-ethyl adjacent to an activating group) is 1. The molecule has 0 bridgehead atoms. The number of hydrogen-bond acceptors (Lipinski definition) is 4. The van der Waals surface area contributed by atoms with Crippen molar-refractivity contribution < 1.29 is 4.79 Å². The third kappa shape index (κ3) is 4.72. The minimum absolute atomic E-state index is 0.314. The lowest BCUT2D eigenvalue weighted by molar-refractivity contribution is -0.134. The van der Waals surface area contributed by atoms with E-state index in [1.165, 1.54) is 19.3 Å². The number of rotatable bonds is 5. The highest BCUT2D eigenvalue weighted by Gasteiger charge is 2.24. The summed E-state index contributed by atoms with van der Waals surface area (Å²) < 4.78 is 0. The van der Waals surface area contributed by atoms with Gasteiger partial charge in [-0.3, -0.25) is 9.69 Å². The molecule has 0 aromatic rings. The van der Waals surface area contributed by atoms with Crippen molar-refractivity contribution in [2.45, 2.75) is 32.2 Å². The van der Waals surface area contributed by atoms with Crippen LogP contribution in [0.15, 0.2) is 0 Å². The van der Waals surface area contributed by atoms with Gasteiger partial charge >= 0.3 is 0 Å². The molecular weight excluding hydrogens is 252 g/mol. The van der Waals surface area contributed by atoms with E-state index in [1.54, 1.807) is 0 Å². The van der Waals surface area contributed by atoms with Gasteiger partial charge in [0, 0.05) is 38.8 Å². The van der Waals surface area contributed by atoms with E-state index < -0.39 is 0 Å². The van der Waals surface area contributed by atoms with E-state index in [0.717, 1.165) is 45.8 Å². The van der Waals surface area contributed by atoms with Crippen molar-refractivity contribution in [3.63, 3.8) is 0 Å². The van der Waals surface area contributed by atoms with Gasteiger partial charge in [-0.1, -0.05) is 6.92 Å². The van der Waals surface area contributed by atoms with Crippen LogP contribution in [-0.4, -0.2) is 86.1 Å². The van der Waals surface area contributed by atoms with Crippen LogP contribution in [0.5, 0.6) is 0 Å². The molecule has 0 aromatic carbocycles. The highest BCUT2D eigenvalue weighted by atomic mass is 16.2. The Kier molecular flexibility index (Phi) is 6.26. The van der Waals surface area contributed by atoms with E-state index in [4.69, 9.17) is 0 Å². The summed E-state index contributed by atoms with van der Waals surface area (Å²) in [5, 5.41) is 3.59. The number of likely N-dealkylation sites (tertiary alicyclic amines) is 1. The van der Waals surface area contributed by atoms with Crippen LogP contribution >= 0.6 is 0 Å². The Labute approximate surface area is 123 Å². The molecule has 2 rings (SSSR count). The maximum Gasteiger partial charge on any atom is 0.236 e. The van der Waals surface area contributed by atoms with Crippen LogP contribution in [-0.2, 0) is 4.79 Å². The zero-order valence-corrected chi connectivity index (χ0v) is 13.1. The van der Waals surface area contributed by atoms with Gasteiger partial charge in [0.2, 0.25) is 5.91 Å². The van der Waals surface area contributed by atoms with Crippen LogP contribution in [0, 0.1) is 0 Å². The Hall–Kier alpha value is -0.650. The fourth-order valence-corrected chi connectivity index (χ4v) is 3.06. The van der Waals surface area contributed by atoms with Crippen LogP contribution < -0.4 is 5.32 Å². The molecule has 0 aromatic heterocycles. The number of piperazine rings is 1. The zero-order chi connectivity index (χ0) is 14.4. The molecule has 2 heterocycles. The van der Waals surface area contributed by atoms with Crippen LogP contribution in [0.3, 0.4) is 0 Å². The molecule has 0 radical (unpaired) electrons. The van der Waals surface area contributed by atoms with E-state index >= 15 is 0 Å². The molecule has 1 unspecified atom stereocenters. The second-order valence-corrected chi connectivity index (χ2v) is 6.21. The number of piperidine rings is 1.